The van der Waals surface area contributed by atoms with E-state index in [0.29, 0.717) is 12.0 Å². The molecule has 1 aromatic carbocycles. The summed E-state index contributed by atoms with van der Waals surface area (Å²) in [7, 11) is 0. The quantitative estimate of drug-likeness (QED) is 0.840. The number of nitrogens with one attached hydrogen (secondary N) is 1. The van der Waals surface area contributed by atoms with Crippen molar-refractivity contribution in [3.05, 3.63) is 35.9 Å². The molecular weight excluding hydrogens is 288 g/mol. The molecule has 1 heterocycles. The Morgan fingerprint density at radius 3 is 2.50 bits per heavy atom. The van der Waals surface area contributed by atoms with Crippen molar-refractivity contribution in [3.8, 4) is 0 Å². The Labute approximate surface area is 140 Å². The zero-order valence-electron chi connectivity index (χ0n) is 13.5. The Morgan fingerprint density at radius 1 is 1.00 bits per heavy atom. The third-order valence-corrected chi connectivity index (χ3v) is 5.68. The average molecular weight is 317 g/mol. The van der Waals surface area contributed by atoms with E-state index in [2.05, 4.69) is 40.5 Å². The number of rotatable bonds is 4. The van der Waals surface area contributed by atoms with Gasteiger partial charge in [0.2, 0.25) is 0 Å². The zero-order valence-corrected chi connectivity index (χ0v) is 14.3. The first kappa shape index (κ1) is 15.9. The Hall–Kier alpha value is -0.930. The molecule has 1 aromatic rings. The van der Waals surface area contributed by atoms with Crippen molar-refractivity contribution in [2.24, 2.45) is 5.92 Å². The number of nitrogens with zero attached hydrogens (tertiary/aromatic N) is 1. The van der Waals surface area contributed by atoms with Gasteiger partial charge in [0.15, 0.2) is 0 Å². The van der Waals surface area contributed by atoms with Crippen molar-refractivity contribution in [3.63, 3.8) is 0 Å². The van der Waals surface area contributed by atoms with Crippen LogP contribution in [0.5, 0.6) is 0 Å². The summed E-state index contributed by atoms with van der Waals surface area (Å²) in [6, 6.07) is 11.3. The van der Waals surface area contributed by atoms with Crippen molar-refractivity contribution in [1.29, 1.82) is 0 Å². The number of piperidine rings is 1. The third kappa shape index (κ3) is 4.08. The predicted molar refractivity (Wildman–Crippen MR) is 97.0 cm³/mol. The summed E-state index contributed by atoms with van der Waals surface area (Å²) < 4.78 is 0. The van der Waals surface area contributed by atoms with Gasteiger partial charge in [-0.2, -0.15) is 0 Å². The van der Waals surface area contributed by atoms with Crippen molar-refractivity contribution in [2.75, 3.05) is 13.1 Å². The summed E-state index contributed by atoms with van der Waals surface area (Å²) in [5, 5.41) is 3.54. The van der Waals surface area contributed by atoms with Crippen LogP contribution in [-0.4, -0.2) is 29.0 Å². The van der Waals surface area contributed by atoms with E-state index in [0.717, 1.165) is 11.5 Å². The maximum Gasteiger partial charge on any atom is 0.0803 e. The molecule has 1 saturated carbocycles. The molecule has 120 valence electrons. The maximum absolute atomic E-state index is 5.78. The molecule has 2 fully saturated rings. The highest BCUT2D eigenvalue weighted by molar-refractivity contribution is 7.80. The fraction of sp³-hybridized carbons (Fsp3) is 0.632. The fourth-order valence-electron chi connectivity index (χ4n) is 4.02. The summed E-state index contributed by atoms with van der Waals surface area (Å²) in [4.78, 5) is 3.82. The summed E-state index contributed by atoms with van der Waals surface area (Å²) in [5.74, 6) is 0.561. The van der Waals surface area contributed by atoms with Gasteiger partial charge >= 0.3 is 0 Å². The van der Waals surface area contributed by atoms with Crippen LogP contribution in [0, 0.1) is 5.92 Å². The largest absolute Gasteiger partial charge is 0.375 e. The van der Waals surface area contributed by atoms with Gasteiger partial charge in [-0.25, -0.2) is 0 Å². The van der Waals surface area contributed by atoms with Crippen LogP contribution in [0.3, 0.4) is 0 Å². The van der Waals surface area contributed by atoms with E-state index in [1.807, 2.05) is 0 Å². The normalized spacial score (nSPS) is 26.5. The van der Waals surface area contributed by atoms with Crippen LogP contribution >= 0.6 is 12.2 Å². The number of hydrogen-bond donors (Lipinski definition) is 1. The minimum Gasteiger partial charge on any atom is -0.375 e. The number of likely N-dealkylation sites (tertiary alicyclic amines) is 1. The Morgan fingerprint density at radius 2 is 1.73 bits per heavy atom. The predicted octanol–water partition coefficient (Wildman–Crippen LogP) is 4.15. The molecule has 0 unspecified atom stereocenters. The summed E-state index contributed by atoms with van der Waals surface area (Å²) in [6.07, 6.45) is 9.45. The first-order chi connectivity index (χ1) is 10.8. The van der Waals surface area contributed by atoms with Gasteiger partial charge in [0.05, 0.1) is 4.99 Å². The van der Waals surface area contributed by atoms with Gasteiger partial charge in [-0.15, -0.1) is 0 Å². The van der Waals surface area contributed by atoms with Crippen molar-refractivity contribution < 1.29 is 0 Å². The van der Waals surface area contributed by atoms with Gasteiger partial charge in [-0.3, -0.25) is 4.90 Å². The number of hydrogen-bond acceptors (Lipinski definition) is 2. The molecule has 0 aromatic heterocycles. The van der Waals surface area contributed by atoms with Gasteiger partial charge in [0, 0.05) is 18.5 Å². The molecule has 2 aliphatic rings. The van der Waals surface area contributed by atoms with Gasteiger partial charge in [-0.05, 0) is 44.3 Å². The fourth-order valence-corrected chi connectivity index (χ4v) is 4.37. The lowest BCUT2D eigenvalue weighted by molar-refractivity contribution is 0.109. The van der Waals surface area contributed by atoms with Crippen LogP contribution in [0.1, 0.15) is 50.5 Å². The molecule has 0 amide bonds. The van der Waals surface area contributed by atoms with E-state index >= 15 is 0 Å². The van der Waals surface area contributed by atoms with E-state index in [9.17, 15) is 0 Å². The zero-order chi connectivity index (χ0) is 15.2. The highest BCUT2D eigenvalue weighted by Crippen LogP contribution is 2.31. The molecule has 22 heavy (non-hydrogen) atoms. The smallest absolute Gasteiger partial charge is 0.0803 e. The minimum absolute atomic E-state index is 0.561. The molecule has 1 aliphatic heterocycles. The molecule has 0 bridgehead atoms. The second-order valence-corrected chi connectivity index (χ2v) is 7.20. The van der Waals surface area contributed by atoms with Crippen molar-refractivity contribution in [2.45, 2.75) is 57.5 Å². The molecule has 3 rings (SSSR count). The molecular formula is C19H28N2S. The van der Waals surface area contributed by atoms with Gasteiger partial charge < -0.3 is 5.32 Å². The third-order valence-electron chi connectivity index (χ3n) is 5.24. The van der Waals surface area contributed by atoms with E-state index in [1.54, 1.807) is 0 Å². The molecule has 0 spiro atoms. The molecule has 1 N–H and O–H groups in total. The van der Waals surface area contributed by atoms with Crippen LogP contribution in [0.25, 0.3) is 0 Å². The Bertz CT molecular complexity index is 468. The van der Waals surface area contributed by atoms with Crippen molar-refractivity contribution in [1.82, 2.24) is 10.2 Å². The molecule has 2 atom stereocenters. The van der Waals surface area contributed by atoms with Gasteiger partial charge in [0.25, 0.3) is 0 Å². The standard InChI is InChI=1S/C19H28N2S/c22-19(20-15-16-9-3-1-4-10-16)17-11-5-6-12-18(17)21-13-7-2-8-14-21/h1,3-4,9-10,17-18H,2,5-8,11-15H2,(H,20,22)/t17-,18+/m1/s1. The van der Waals surface area contributed by atoms with E-state index in [1.165, 1.54) is 63.6 Å². The highest BCUT2D eigenvalue weighted by atomic mass is 32.1. The summed E-state index contributed by atoms with van der Waals surface area (Å²) in [6.45, 7) is 3.42. The highest BCUT2D eigenvalue weighted by Gasteiger charge is 2.33. The monoisotopic (exact) mass is 316 g/mol. The van der Waals surface area contributed by atoms with E-state index < -0.39 is 0 Å². The Kier molecular flexibility index (Phi) is 5.85. The summed E-state index contributed by atoms with van der Waals surface area (Å²) >= 11 is 5.78. The first-order valence-electron chi connectivity index (χ1n) is 8.90. The number of benzene rings is 1. The second kappa shape index (κ2) is 8.07. The molecule has 1 saturated heterocycles. The minimum atomic E-state index is 0.561. The first-order valence-corrected chi connectivity index (χ1v) is 9.31. The average Bonchev–Trinajstić information content (AvgIpc) is 2.61. The van der Waals surface area contributed by atoms with Crippen LogP contribution < -0.4 is 5.32 Å². The molecule has 3 heteroatoms. The Balaban J connectivity index is 1.58. The summed E-state index contributed by atoms with van der Waals surface area (Å²) in [5.41, 5.74) is 1.31. The van der Waals surface area contributed by atoms with E-state index in [-0.39, 0.29) is 0 Å². The van der Waals surface area contributed by atoms with Crippen molar-refractivity contribution >= 4 is 17.2 Å². The lowest BCUT2D eigenvalue weighted by Crippen LogP contribution is -2.49. The van der Waals surface area contributed by atoms with E-state index in [4.69, 9.17) is 12.2 Å². The maximum atomic E-state index is 5.78. The van der Waals surface area contributed by atoms with Crippen LogP contribution in [0.4, 0.5) is 0 Å². The lowest BCUT2D eigenvalue weighted by atomic mass is 9.82. The van der Waals surface area contributed by atoms with Gasteiger partial charge in [-0.1, -0.05) is 61.8 Å². The second-order valence-electron chi connectivity index (χ2n) is 6.76. The van der Waals surface area contributed by atoms with Crippen LogP contribution in [0.15, 0.2) is 30.3 Å². The number of thiocarbonyl (C=S) groups is 1. The molecule has 0 radical (unpaired) electrons. The lowest BCUT2D eigenvalue weighted by Gasteiger charge is -2.42. The molecule has 2 nitrogen and oxygen atoms in total. The van der Waals surface area contributed by atoms with Crippen LogP contribution in [0.2, 0.25) is 0 Å². The topological polar surface area (TPSA) is 15.3 Å². The van der Waals surface area contributed by atoms with Gasteiger partial charge in [0.1, 0.15) is 0 Å². The molecule has 1 aliphatic carbocycles. The SMILES string of the molecule is S=C(NCc1ccccc1)[C@@H]1CCCC[C@@H]1N1CCCCC1. The van der Waals surface area contributed by atoms with Crippen LogP contribution in [-0.2, 0) is 6.54 Å².